The standard InChI is InChI=1S/C20H23N3OS/c1-3-23(4-2)16-11-9-15(10-12-16)21-19(24)13-14-20-22-17-7-5-6-8-18(17)25-20/h5-12H,3-4,13-14H2,1-2H3,(H,21,24). The molecule has 130 valence electrons. The number of nitrogens with one attached hydrogen (secondary N) is 1. The van der Waals surface area contributed by atoms with Crippen LogP contribution in [0.1, 0.15) is 25.3 Å². The Hall–Kier alpha value is -2.40. The number of thiazole rings is 1. The minimum atomic E-state index is 0.0230. The molecule has 0 saturated carbocycles. The molecule has 0 aliphatic rings. The predicted octanol–water partition coefficient (Wildman–Crippen LogP) is 4.71. The summed E-state index contributed by atoms with van der Waals surface area (Å²) in [7, 11) is 0. The number of aromatic nitrogens is 1. The Morgan fingerprint density at radius 1 is 1.08 bits per heavy atom. The number of rotatable bonds is 7. The summed E-state index contributed by atoms with van der Waals surface area (Å²) in [6.45, 7) is 6.23. The average Bonchev–Trinajstić information content (AvgIpc) is 3.05. The van der Waals surface area contributed by atoms with Crippen molar-refractivity contribution in [3.05, 3.63) is 53.5 Å². The number of carbonyl (C=O) groups excluding carboxylic acids is 1. The van der Waals surface area contributed by atoms with Crippen molar-refractivity contribution < 1.29 is 4.79 Å². The maximum absolute atomic E-state index is 12.2. The highest BCUT2D eigenvalue weighted by Crippen LogP contribution is 2.23. The third kappa shape index (κ3) is 4.37. The number of fused-ring (bicyclic) bond motifs is 1. The predicted molar refractivity (Wildman–Crippen MR) is 107 cm³/mol. The van der Waals surface area contributed by atoms with Gasteiger partial charge in [-0.25, -0.2) is 4.98 Å². The molecule has 4 nitrogen and oxygen atoms in total. The molecule has 1 N–H and O–H groups in total. The molecular formula is C20H23N3OS. The van der Waals surface area contributed by atoms with Crippen molar-refractivity contribution in [2.75, 3.05) is 23.3 Å². The Kier molecular flexibility index (Phi) is 5.66. The van der Waals surface area contributed by atoms with Gasteiger partial charge in [0.25, 0.3) is 0 Å². The van der Waals surface area contributed by atoms with Gasteiger partial charge in [-0.3, -0.25) is 4.79 Å². The fraction of sp³-hybridized carbons (Fsp3) is 0.300. The maximum atomic E-state index is 12.2. The van der Waals surface area contributed by atoms with Gasteiger partial charge < -0.3 is 10.2 Å². The summed E-state index contributed by atoms with van der Waals surface area (Å²) in [5.74, 6) is 0.0230. The van der Waals surface area contributed by atoms with E-state index in [4.69, 9.17) is 0 Å². The van der Waals surface area contributed by atoms with Gasteiger partial charge in [0.05, 0.1) is 15.2 Å². The lowest BCUT2D eigenvalue weighted by Gasteiger charge is -2.21. The lowest BCUT2D eigenvalue weighted by molar-refractivity contribution is -0.116. The van der Waals surface area contributed by atoms with Gasteiger partial charge >= 0.3 is 0 Å². The molecule has 0 atom stereocenters. The van der Waals surface area contributed by atoms with E-state index >= 15 is 0 Å². The summed E-state index contributed by atoms with van der Waals surface area (Å²) in [5.41, 5.74) is 3.03. The molecule has 3 aromatic rings. The van der Waals surface area contributed by atoms with Gasteiger partial charge in [0, 0.05) is 37.3 Å². The molecule has 0 unspecified atom stereocenters. The first-order valence-corrected chi connectivity index (χ1v) is 9.50. The minimum Gasteiger partial charge on any atom is -0.372 e. The Morgan fingerprint density at radius 3 is 2.48 bits per heavy atom. The van der Waals surface area contributed by atoms with Crippen LogP contribution in [0.15, 0.2) is 48.5 Å². The van der Waals surface area contributed by atoms with Crippen molar-refractivity contribution in [3.63, 3.8) is 0 Å². The van der Waals surface area contributed by atoms with Gasteiger partial charge in [0.2, 0.25) is 5.91 Å². The van der Waals surface area contributed by atoms with E-state index in [2.05, 4.69) is 47.2 Å². The fourth-order valence-corrected chi connectivity index (χ4v) is 3.78. The molecule has 3 rings (SSSR count). The van der Waals surface area contributed by atoms with E-state index < -0.39 is 0 Å². The van der Waals surface area contributed by atoms with E-state index in [9.17, 15) is 4.79 Å². The monoisotopic (exact) mass is 353 g/mol. The third-order valence-corrected chi connectivity index (χ3v) is 5.28. The number of para-hydroxylation sites is 1. The molecule has 5 heteroatoms. The second-order valence-corrected chi connectivity index (χ2v) is 6.96. The summed E-state index contributed by atoms with van der Waals surface area (Å²) < 4.78 is 1.17. The molecule has 0 saturated heterocycles. The molecule has 1 heterocycles. The van der Waals surface area contributed by atoms with Crippen molar-refractivity contribution in [2.24, 2.45) is 0 Å². The summed E-state index contributed by atoms with van der Waals surface area (Å²) >= 11 is 1.66. The molecule has 2 aromatic carbocycles. The lowest BCUT2D eigenvalue weighted by atomic mass is 10.2. The molecule has 1 aromatic heterocycles. The van der Waals surface area contributed by atoms with Crippen molar-refractivity contribution in [1.82, 2.24) is 4.98 Å². The van der Waals surface area contributed by atoms with Gasteiger partial charge in [-0.2, -0.15) is 0 Å². The zero-order valence-corrected chi connectivity index (χ0v) is 15.5. The van der Waals surface area contributed by atoms with Crippen LogP contribution in [0.25, 0.3) is 10.2 Å². The summed E-state index contributed by atoms with van der Waals surface area (Å²) in [6, 6.07) is 16.1. The van der Waals surface area contributed by atoms with Crippen LogP contribution in [0.3, 0.4) is 0 Å². The van der Waals surface area contributed by atoms with Gasteiger partial charge in [0.1, 0.15) is 0 Å². The van der Waals surface area contributed by atoms with Crippen LogP contribution in [-0.4, -0.2) is 24.0 Å². The molecule has 0 aliphatic heterocycles. The van der Waals surface area contributed by atoms with Gasteiger partial charge in [-0.05, 0) is 50.2 Å². The first-order chi connectivity index (χ1) is 12.2. The lowest BCUT2D eigenvalue weighted by Crippen LogP contribution is -2.21. The van der Waals surface area contributed by atoms with E-state index in [0.29, 0.717) is 12.8 Å². The number of amides is 1. The SMILES string of the molecule is CCN(CC)c1ccc(NC(=O)CCc2nc3ccccc3s2)cc1. The smallest absolute Gasteiger partial charge is 0.224 e. The van der Waals surface area contributed by atoms with Gasteiger partial charge in [0.15, 0.2) is 0 Å². The topological polar surface area (TPSA) is 45.2 Å². The van der Waals surface area contributed by atoms with E-state index in [-0.39, 0.29) is 5.91 Å². The van der Waals surface area contributed by atoms with Crippen LogP contribution >= 0.6 is 11.3 Å². The number of nitrogens with zero attached hydrogens (tertiary/aromatic N) is 2. The first kappa shape index (κ1) is 17.4. The highest BCUT2D eigenvalue weighted by Gasteiger charge is 2.08. The summed E-state index contributed by atoms with van der Waals surface area (Å²) in [4.78, 5) is 19.0. The highest BCUT2D eigenvalue weighted by molar-refractivity contribution is 7.18. The number of hydrogen-bond donors (Lipinski definition) is 1. The average molecular weight is 353 g/mol. The summed E-state index contributed by atoms with van der Waals surface area (Å²) in [5, 5.41) is 3.98. The zero-order valence-electron chi connectivity index (χ0n) is 14.7. The van der Waals surface area contributed by atoms with Crippen LogP contribution in [0.5, 0.6) is 0 Å². The highest BCUT2D eigenvalue weighted by atomic mass is 32.1. The number of carbonyl (C=O) groups is 1. The maximum Gasteiger partial charge on any atom is 0.224 e. The second kappa shape index (κ2) is 8.12. The molecule has 0 aliphatic carbocycles. The number of hydrogen-bond acceptors (Lipinski definition) is 4. The second-order valence-electron chi connectivity index (χ2n) is 5.84. The van der Waals surface area contributed by atoms with Crippen LogP contribution in [0, 0.1) is 0 Å². The van der Waals surface area contributed by atoms with Crippen molar-refractivity contribution in [3.8, 4) is 0 Å². The van der Waals surface area contributed by atoms with Crippen LogP contribution in [0.2, 0.25) is 0 Å². The molecule has 0 radical (unpaired) electrons. The largest absolute Gasteiger partial charge is 0.372 e. The van der Waals surface area contributed by atoms with E-state index in [1.165, 1.54) is 10.4 Å². The first-order valence-electron chi connectivity index (χ1n) is 8.69. The molecule has 0 spiro atoms. The summed E-state index contributed by atoms with van der Waals surface area (Å²) in [6.07, 6.45) is 1.11. The van der Waals surface area contributed by atoms with Crippen LogP contribution < -0.4 is 10.2 Å². The van der Waals surface area contributed by atoms with Crippen LogP contribution in [0.4, 0.5) is 11.4 Å². The number of benzene rings is 2. The number of aryl methyl sites for hydroxylation is 1. The van der Waals surface area contributed by atoms with E-state index in [0.717, 1.165) is 29.3 Å². The zero-order chi connectivity index (χ0) is 17.6. The molecule has 0 bridgehead atoms. The normalized spacial score (nSPS) is 10.8. The van der Waals surface area contributed by atoms with Crippen LogP contribution in [-0.2, 0) is 11.2 Å². The van der Waals surface area contributed by atoms with E-state index in [1.54, 1.807) is 11.3 Å². The Morgan fingerprint density at radius 2 is 1.80 bits per heavy atom. The minimum absolute atomic E-state index is 0.0230. The van der Waals surface area contributed by atoms with Gasteiger partial charge in [-0.15, -0.1) is 11.3 Å². The Bertz CT molecular complexity index is 805. The van der Waals surface area contributed by atoms with Crippen molar-refractivity contribution in [1.29, 1.82) is 0 Å². The molecule has 25 heavy (non-hydrogen) atoms. The number of anilines is 2. The quantitative estimate of drug-likeness (QED) is 0.669. The van der Waals surface area contributed by atoms with Gasteiger partial charge in [-0.1, -0.05) is 12.1 Å². The van der Waals surface area contributed by atoms with E-state index in [1.807, 2.05) is 30.3 Å². The molecular weight excluding hydrogens is 330 g/mol. The third-order valence-electron chi connectivity index (χ3n) is 4.18. The van der Waals surface area contributed by atoms with Crippen molar-refractivity contribution >= 4 is 38.8 Å². The Balaban J connectivity index is 1.55. The Labute approximate surface area is 152 Å². The molecule has 1 amide bonds. The van der Waals surface area contributed by atoms with Crippen molar-refractivity contribution in [2.45, 2.75) is 26.7 Å². The fourth-order valence-electron chi connectivity index (χ4n) is 2.82. The molecule has 0 fully saturated rings.